The van der Waals surface area contributed by atoms with Gasteiger partial charge in [-0.15, -0.1) is 0 Å². The van der Waals surface area contributed by atoms with Crippen molar-refractivity contribution in [1.29, 1.82) is 0 Å². The third-order valence-electron chi connectivity index (χ3n) is 3.11. The summed E-state index contributed by atoms with van der Waals surface area (Å²) >= 11 is 0. The summed E-state index contributed by atoms with van der Waals surface area (Å²) in [5.41, 5.74) is 1.29. The van der Waals surface area contributed by atoms with Crippen molar-refractivity contribution in [3.8, 4) is 5.75 Å². The molecule has 0 bridgehead atoms. The van der Waals surface area contributed by atoms with Crippen LogP contribution in [0.4, 0.5) is 0 Å². The Bertz CT molecular complexity index is 679. The normalized spacial score (nSPS) is 11.5. The van der Waals surface area contributed by atoms with Crippen LogP contribution in [0.15, 0.2) is 48.5 Å². The molecule has 0 radical (unpaired) electrons. The summed E-state index contributed by atoms with van der Waals surface area (Å²) in [4.78, 5) is 24.1. The molecule has 1 N–H and O–H groups in total. The Hall–Kier alpha value is -2.82. The van der Waals surface area contributed by atoms with E-state index in [1.165, 1.54) is 19.2 Å². The zero-order valence-electron chi connectivity index (χ0n) is 12.3. The highest BCUT2D eigenvalue weighted by molar-refractivity contribution is 5.94. The highest BCUT2D eigenvalue weighted by atomic mass is 16.6. The molecule has 0 spiro atoms. The van der Waals surface area contributed by atoms with Crippen LogP contribution in [0.1, 0.15) is 27.6 Å². The van der Waals surface area contributed by atoms with Crippen molar-refractivity contribution in [1.82, 2.24) is 0 Å². The zero-order valence-corrected chi connectivity index (χ0v) is 12.3. The number of esters is 2. The standard InChI is InChI=1S/C17H16O5/c1-11-8-9-14(18)13(10-11)16(19)22-15(17(20)21-2)12-6-4-3-5-7-12/h3-10,15,18H,1-2H3. The second-order valence-corrected chi connectivity index (χ2v) is 4.74. The minimum Gasteiger partial charge on any atom is -0.507 e. The van der Waals surface area contributed by atoms with E-state index in [4.69, 9.17) is 4.74 Å². The Morgan fingerprint density at radius 2 is 1.77 bits per heavy atom. The molecular formula is C17H16O5. The molecule has 0 fully saturated rings. The van der Waals surface area contributed by atoms with Gasteiger partial charge in [0.15, 0.2) is 0 Å². The topological polar surface area (TPSA) is 72.8 Å². The van der Waals surface area contributed by atoms with E-state index < -0.39 is 18.0 Å². The van der Waals surface area contributed by atoms with E-state index in [2.05, 4.69) is 4.74 Å². The molecule has 5 nitrogen and oxygen atoms in total. The average Bonchev–Trinajstić information content (AvgIpc) is 2.54. The molecule has 5 heteroatoms. The summed E-state index contributed by atoms with van der Waals surface area (Å²) in [5.74, 6) is -1.68. The fraction of sp³-hybridized carbons (Fsp3) is 0.176. The number of phenols is 1. The molecule has 0 saturated heterocycles. The van der Waals surface area contributed by atoms with Crippen molar-refractivity contribution in [2.75, 3.05) is 7.11 Å². The first-order chi connectivity index (χ1) is 10.5. The number of aromatic hydroxyl groups is 1. The van der Waals surface area contributed by atoms with Gasteiger partial charge in [0.25, 0.3) is 0 Å². The van der Waals surface area contributed by atoms with E-state index in [9.17, 15) is 14.7 Å². The molecule has 0 amide bonds. The van der Waals surface area contributed by atoms with Crippen LogP contribution in [0.25, 0.3) is 0 Å². The number of ether oxygens (including phenoxy) is 2. The molecule has 114 valence electrons. The maximum absolute atomic E-state index is 12.2. The van der Waals surface area contributed by atoms with Crippen LogP contribution < -0.4 is 0 Å². The lowest BCUT2D eigenvalue weighted by Gasteiger charge is -2.16. The van der Waals surface area contributed by atoms with Crippen molar-refractivity contribution in [2.24, 2.45) is 0 Å². The lowest BCUT2D eigenvalue weighted by Crippen LogP contribution is -2.21. The van der Waals surface area contributed by atoms with E-state index in [1.54, 1.807) is 43.3 Å². The first-order valence-electron chi connectivity index (χ1n) is 6.66. The molecule has 0 heterocycles. The first kappa shape index (κ1) is 15.6. The van der Waals surface area contributed by atoms with Crippen molar-refractivity contribution in [2.45, 2.75) is 13.0 Å². The molecule has 0 aliphatic rings. The van der Waals surface area contributed by atoms with Crippen LogP contribution in [0, 0.1) is 6.92 Å². The van der Waals surface area contributed by atoms with Crippen LogP contribution in [0.2, 0.25) is 0 Å². The van der Waals surface area contributed by atoms with Crippen LogP contribution in [0.3, 0.4) is 0 Å². The fourth-order valence-corrected chi connectivity index (χ4v) is 1.97. The van der Waals surface area contributed by atoms with E-state index in [0.29, 0.717) is 5.56 Å². The Kier molecular flexibility index (Phi) is 4.78. The highest BCUT2D eigenvalue weighted by Crippen LogP contribution is 2.24. The molecule has 1 unspecified atom stereocenters. The van der Waals surface area contributed by atoms with Crippen molar-refractivity contribution in [3.63, 3.8) is 0 Å². The third-order valence-corrected chi connectivity index (χ3v) is 3.11. The number of carbonyl (C=O) groups excluding carboxylic acids is 2. The largest absolute Gasteiger partial charge is 0.507 e. The van der Waals surface area contributed by atoms with Gasteiger partial charge in [0, 0.05) is 5.56 Å². The molecule has 0 aromatic heterocycles. The van der Waals surface area contributed by atoms with Gasteiger partial charge in [-0.3, -0.25) is 0 Å². The predicted octanol–water partition coefficient (Wildman–Crippen LogP) is 2.77. The Labute approximate surface area is 128 Å². The molecule has 0 saturated carbocycles. The smallest absolute Gasteiger partial charge is 0.351 e. The zero-order chi connectivity index (χ0) is 16.1. The predicted molar refractivity (Wildman–Crippen MR) is 79.5 cm³/mol. The number of aryl methyl sites for hydroxylation is 1. The van der Waals surface area contributed by atoms with E-state index in [0.717, 1.165) is 5.56 Å². The Balaban J connectivity index is 2.29. The monoisotopic (exact) mass is 300 g/mol. The molecule has 2 rings (SSSR count). The van der Waals surface area contributed by atoms with Crippen LogP contribution in [-0.2, 0) is 14.3 Å². The van der Waals surface area contributed by atoms with Crippen molar-refractivity contribution in [3.05, 3.63) is 65.2 Å². The number of hydrogen-bond acceptors (Lipinski definition) is 5. The second-order valence-electron chi connectivity index (χ2n) is 4.74. The summed E-state index contributed by atoms with van der Waals surface area (Å²) in [7, 11) is 1.22. The second kappa shape index (κ2) is 6.76. The number of phenolic OH excluding ortho intramolecular Hbond substituents is 1. The molecule has 0 aliphatic heterocycles. The summed E-state index contributed by atoms with van der Waals surface area (Å²) in [6, 6.07) is 13.1. The molecule has 2 aromatic rings. The third kappa shape index (κ3) is 3.44. The minimum atomic E-state index is -1.18. The Morgan fingerprint density at radius 3 is 2.41 bits per heavy atom. The Morgan fingerprint density at radius 1 is 1.09 bits per heavy atom. The summed E-state index contributed by atoms with van der Waals surface area (Å²) < 4.78 is 9.92. The average molecular weight is 300 g/mol. The highest BCUT2D eigenvalue weighted by Gasteiger charge is 2.27. The maximum Gasteiger partial charge on any atom is 0.351 e. The van der Waals surface area contributed by atoms with Crippen molar-refractivity contribution < 1.29 is 24.2 Å². The minimum absolute atomic E-state index is 0.00448. The molecule has 2 aromatic carbocycles. The van der Waals surface area contributed by atoms with Gasteiger partial charge in [0.1, 0.15) is 11.3 Å². The number of rotatable bonds is 4. The molecular weight excluding hydrogens is 284 g/mol. The maximum atomic E-state index is 12.2. The van der Waals surface area contributed by atoms with Crippen molar-refractivity contribution >= 4 is 11.9 Å². The number of methoxy groups -OCH3 is 1. The lowest BCUT2D eigenvalue weighted by atomic mass is 10.1. The van der Waals surface area contributed by atoms with Gasteiger partial charge >= 0.3 is 11.9 Å². The summed E-state index contributed by atoms with van der Waals surface area (Å²) in [6.07, 6.45) is -1.18. The van der Waals surface area contributed by atoms with Gasteiger partial charge in [-0.1, -0.05) is 42.0 Å². The summed E-state index contributed by atoms with van der Waals surface area (Å²) in [6.45, 7) is 1.78. The van der Waals surface area contributed by atoms with Gasteiger partial charge in [-0.05, 0) is 19.1 Å². The van der Waals surface area contributed by atoms with Gasteiger partial charge in [-0.25, -0.2) is 9.59 Å². The lowest BCUT2D eigenvalue weighted by molar-refractivity contribution is -0.151. The molecule has 22 heavy (non-hydrogen) atoms. The van der Waals surface area contributed by atoms with E-state index in [1.807, 2.05) is 0 Å². The fourth-order valence-electron chi connectivity index (χ4n) is 1.97. The van der Waals surface area contributed by atoms with Gasteiger partial charge in [-0.2, -0.15) is 0 Å². The number of hydrogen-bond donors (Lipinski definition) is 1. The van der Waals surface area contributed by atoms with E-state index >= 15 is 0 Å². The van der Waals surface area contributed by atoms with Gasteiger partial charge in [0.05, 0.1) is 7.11 Å². The molecule has 1 atom stereocenters. The van der Waals surface area contributed by atoms with Crippen LogP contribution >= 0.6 is 0 Å². The quantitative estimate of drug-likeness (QED) is 0.879. The van der Waals surface area contributed by atoms with Crippen LogP contribution in [-0.4, -0.2) is 24.2 Å². The number of benzene rings is 2. The molecule has 0 aliphatic carbocycles. The van der Waals surface area contributed by atoms with Gasteiger partial charge < -0.3 is 14.6 Å². The first-order valence-corrected chi connectivity index (χ1v) is 6.66. The van der Waals surface area contributed by atoms with Crippen LogP contribution in [0.5, 0.6) is 5.75 Å². The number of carbonyl (C=O) groups is 2. The summed E-state index contributed by atoms with van der Waals surface area (Å²) in [5, 5.41) is 9.77. The van der Waals surface area contributed by atoms with E-state index in [-0.39, 0.29) is 11.3 Å². The SMILES string of the molecule is COC(=O)C(OC(=O)c1cc(C)ccc1O)c1ccccc1. The van der Waals surface area contributed by atoms with Gasteiger partial charge in [0.2, 0.25) is 6.10 Å².